The molecule has 2 unspecified atom stereocenters. The first kappa shape index (κ1) is 27.7. The molecule has 2 atom stereocenters. The van der Waals surface area contributed by atoms with E-state index in [9.17, 15) is 4.79 Å². The molecule has 1 aromatic heterocycles. The molecule has 0 bridgehead atoms. The van der Waals surface area contributed by atoms with Gasteiger partial charge in [0.1, 0.15) is 0 Å². The highest BCUT2D eigenvalue weighted by atomic mass is 35.5. The van der Waals surface area contributed by atoms with Gasteiger partial charge in [0.2, 0.25) is 5.88 Å². The highest BCUT2D eigenvalue weighted by molar-refractivity contribution is 6.36. The molecule has 2 aliphatic rings. The lowest BCUT2D eigenvalue weighted by Gasteiger charge is -2.24. The molecule has 2 heterocycles. The van der Waals surface area contributed by atoms with Gasteiger partial charge < -0.3 is 10.1 Å². The van der Waals surface area contributed by atoms with E-state index in [4.69, 9.17) is 21.3 Å². The van der Waals surface area contributed by atoms with Crippen LogP contribution in [0.5, 0.6) is 5.88 Å². The van der Waals surface area contributed by atoms with Crippen LogP contribution < -0.4 is 10.1 Å². The predicted octanol–water partition coefficient (Wildman–Crippen LogP) is 7.95. The molecule has 0 spiro atoms. The number of rotatable bonds is 7. The molecule has 2 aromatic carbocycles. The van der Waals surface area contributed by atoms with E-state index in [0.29, 0.717) is 28.1 Å². The number of aromatic nitrogens is 1. The van der Waals surface area contributed by atoms with E-state index in [2.05, 4.69) is 49.9 Å². The number of pyridine rings is 1. The third kappa shape index (κ3) is 4.92. The van der Waals surface area contributed by atoms with Crippen molar-refractivity contribution in [2.24, 2.45) is 5.10 Å². The number of aryl methyl sites for hydroxylation is 1. The van der Waals surface area contributed by atoms with Gasteiger partial charge in [0.05, 0.1) is 29.1 Å². The Morgan fingerprint density at radius 1 is 1.23 bits per heavy atom. The number of amides is 1. The van der Waals surface area contributed by atoms with Gasteiger partial charge in [0, 0.05) is 35.6 Å². The van der Waals surface area contributed by atoms with Crippen molar-refractivity contribution in [2.75, 3.05) is 19.5 Å². The lowest BCUT2D eigenvalue weighted by molar-refractivity contribution is -0.112. The fourth-order valence-corrected chi connectivity index (χ4v) is 5.98. The predicted molar refractivity (Wildman–Crippen MR) is 164 cm³/mol. The van der Waals surface area contributed by atoms with Crippen LogP contribution in [0.2, 0.25) is 5.02 Å². The maximum Gasteiger partial charge on any atom is 0.257 e. The zero-order valence-electron chi connectivity index (χ0n) is 23.7. The van der Waals surface area contributed by atoms with Crippen LogP contribution in [0.1, 0.15) is 62.1 Å². The minimum absolute atomic E-state index is 0.165. The van der Waals surface area contributed by atoms with E-state index in [0.717, 1.165) is 52.9 Å². The number of fused-ring (bicyclic) bond motifs is 1. The fraction of sp³-hybridized carbons (Fsp3) is 0.303. The number of hydrazone groups is 1. The molecule has 6 nitrogen and oxygen atoms in total. The second-order valence-corrected chi connectivity index (χ2v) is 10.9. The number of benzene rings is 2. The molecule has 1 aliphatic carbocycles. The van der Waals surface area contributed by atoms with Crippen molar-refractivity contribution in [1.82, 2.24) is 9.99 Å². The second kappa shape index (κ2) is 11.3. The Bertz CT molecular complexity index is 1560. The number of carbonyl (C=O) groups excluding carboxylic acids is 1. The average Bonchev–Trinajstić information content (AvgIpc) is 3.34. The van der Waals surface area contributed by atoms with Gasteiger partial charge in [-0.3, -0.25) is 9.80 Å². The van der Waals surface area contributed by atoms with Crippen molar-refractivity contribution >= 4 is 29.4 Å². The topological polar surface area (TPSA) is 66.8 Å². The zero-order valence-corrected chi connectivity index (χ0v) is 24.5. The van der Waals surface area contributed by atoms with E-state index in [1.54, 1.807) is 31.5 Å². The van der Waals surface area contributed by atoms with Crippen LogP contribution in [0.4, 0.5) is 5.69 Å². The number of likely N-dealkylation sites (N-methyl/N-ethyl adjacent to an activating group) is 1. The fourth-order valence-electron chi connectivity index (χ4n) is 5.65. The molecule has 5 rings (SSSR count). The first-order chi connectivity index (χ1) is 19.2. The first-order valence-corrected chi connectivity index (χ1v) is 14.1. The Kier molecular flexibility index (Phi) is 7.81. The number of nitrogens with one attached hydrogen (secondary N) is 1. The van der Waals surface area contributed by atoms with E-state index in [-0.39, 0.29) is 11.8 Å². The van der Waals surface area contributed by atoms with E-state index in [1.165, 1.54) is 11.1 Å². The molecule has 0 radical (unpaired) electrons. The Hall–Kier alpha value is -3.90. The van der Waals surface area contributed by atoms with Gasteiger partial charge in [0.15, 0.2) is 0 Å². The molecule has 0 saturated carbocycles. The minimum Gasteiger partial charge on any atom is -0.481 e. The van der Waals surface area contributed by atoms with Crippen LogP contribution in [0, 0.1) is 0 Å². The lowest BCUT2D eigenvalue weighted by Crippen LogP contribution is -2.24. The van der Waals surface area contributed by atoms with Crippen molar-refractivity contribution in [3.8, 4) is 28.3 Å². The summed E-state index contributed by atoms with van der Waals surface area (Å²) in [4.78, 5) is 18.2. The standard InChI is InChI=1S/C33H35ClN4O2/c1-7-19(2)30-24(10-9-13-27(30)36-32(39)23-16-17-35-38(5)21(23)4)25-11-8-12-26(31(25)34)28-18-22-15-14-20(3)29(22)33(37-28)40-6/h8-13,16-20H,4,7,14-15H2,1-3,5-6H3,(H,36,39). The molecule has 1 aliphatic heterocycles. The van der Waals surface area contributed by atoms with Crippen molar-refractivity contribution in [3.63, 3.8) is 0 Å². The monoisotopic (exact) mass is 554 g/mol. The summed E-state index contributed by atoms with van der Waals surface area (Å²) in [6.45, 7) is 10.5. The third-order valence-electron chi connectivity index (χ3n) is 8.09. The number of hydrogen-bond donors (Lipinski definition) is 1. The Morgan fingerprint density at radius 3 is 2.70 bits per heavy atom. The molecular formula is C33H35ClN4O2. The third-order valence-corrected chi connectivity index (χ3v) is 8.50. The van der Waals surface area contributed by atoms with Gasteiger partial charge in [-0.2, -0.15) is 5.10 Å². The summed E-state index contributed by atoms with van der Waals surface area (Å²) in [7, 11) is 3.45. The van der Waals surface area contributed by atoms with Crippen LogP contribution in [0.15, 0.2) is 71.5 Å². The highest BCUT2D eigenvalue weighted by Gasteiger charge is 2.27. The molecule has 7 heteroatoms. The molecule has 3 aromatic rings. The van der Waals surface area contributed by atoms with Crippen LogP contribution in [0.3, 0.4) is 0 Å². The Labute approximate surface area is 241 Å². The number of nitrogens with zero attached hydrogens (tertiary/aromatic N) is 3. The van der Waals surface area contributed by atoms with Crippen LogP contribution >= 0.6 is 11.6 Å². The van der Waals surface area contributed by atoms with E-state index >= 15 is 0 Å². The summed E-state index contributed by atoms with van der Waals surface area (Å²) in [6, 6.07) is 14.2. The summed E-state index contributed by atoms with van der Waals surface area (Å²) in [5.74, 6) is 1.05. The molecule has 0 saturated heterocycles. The summed E-state index contributed by atoms with van der Waals surface area (Å²) < 4.78 is 5.71. The van der Waals surface area contributed by atoms with Crippen LogP contribution in [-0.4, -0.2) is 36.3 Å². The number of halogens is 1. The van der Waals surface area contributed by atoms with Gasteiger partial charge in [-0.15, -0.1) is 0 Å². The minimum atomic E-state index is -0.229. The quantitative estimate of drug-likeness (QED) is 0.322. The maximum absolute atomic E-state index is 13.3. The number of allylic oxidation sites excluding steroid dienone is 1. The average molecular weight is 555 g/mol. The van der Waals surface area contributed by atoms with Gasteiger partial charge in [-0.1, -0.05) is 69.3 Å². The van der Waals surface area contributed by atoms with Crippen molar-refractivity contribution in [1.29, 1.82) is 0 Å². The molecule has 1 N–H and O–H groups in total. The summed E-state index contributed by atoms with van der Waals surface area (Å²) in [5.41, 5.74) is 8.83. The first-order valence-electron chi connectivity index (χ1n) is 13.7. The van der Waals surface area contributed by atoms with Crippen LogP contribution in [0.25, 0.3) is 22.4 Å². The van der Waals surface area contributed by atoms with Gasteiger partial charge in [-0.25, -0.2) is 4.98 Å². The molecule has 40 heavy (non-hydrogen) atoms. The zero-order chi connectivity index (χ0) is 28.6. The van der Waals surface area contributed by atoms with Crippen molar-refractivity contribution in [3.05, 3.63) is 88.1 Å². The normalized spacial score (nSPS) is 16.9. The van der Waals surface area contributed by atoms with E-state index in [1.807, 2.05) is 30.3 Å². The highest BCUT2D eigenvalue weighted by Crippen LogP contribution is 2.45. The van der Waals surface area contributed by atoms with Crippen LogP contribution in [-0.2, 0) is 11.2 Å². The summed E-state index contributed by atoms with van der Waals surface area (Å²) >= 11 is 7.18. The van der Waals surface area contributed by atoms with Gasteiger partial charge in [0.25, 0.3) is 5.91 Å². The van der Waals surface area contributed by atoms with E-state index < -0.39 is 0 Å². The molecular weight excluding hydrogens is 520 g/mol. The lowest BCUT2D eigenvalue weighted by atomic mass is 9.87. The number of carbonyl (C=O) groups is 1. The van der Waals surface area contributed by atoms with Crippen molar-refractivity contribution in [2.45, 2.75) is 51.9 Å². The largest absolute Gasteiger partial charge is 0.481 e. The SMILES string of the molecule is C=C1C(C(=O)Nc2cccc(-c3cccc(-c4cc5c(c(OC)n4)C(C)CC5)c3Cl)c2C(C)CC)=CC=NN1C. The Balaban J connectivity index is 1.59. The molecule has 206 valence electrons. The molecule has 0 fully saturated rings. The number of methoxy groups -OCH3 is 1. The van der Waals surface area contributed by atoms with Crippen molar-refractivity contribution < 1.29 is 9.53 Å². The summed E-state index contributed by atoms with van der Waals surface area (Å²) in [5, 5.41) is 9.52. The number of anilines is 1. The number of ether oxygens (including phenoxy) is 1. The summed E-state index contributed by atoms with van der Waals surface area (Å²) in [6.07, 6.45) is 6.27. The maximum atomic E-state index is 13.3. The Morgan fingerprint density at radius 2 is 1.95 bits per heavy atom. The van der Waals surface area contributed by atoms with Gasteiger partial charge >= 0.3 is 0 Å². The van der Waals surface area contributed by atoms with Gasteiger partial charge in [-0.05, 0) is 66.0 Å². The second-order valence-electron chi connectivity index (χ2n) is 10.5. The molecule has 1 amide bonds. The number of hydrogen-bond acceptors (Lipinski definition) is 5. The smallest absolute Gasteiger partial charge is 0.257 e.